The number of carbonyl (C=O) groups is 2. The number of amidine groups is 1. The largest absolute Gasteiger partial charge is 0.437 e. The molecule has 0 aromatic heterocycles. The van der Waals surface area contributed by atoms with Crippen LogP contribution < -0.4 is 5.43 Å². The number of hydrogen-bond donors (Lipinski definition) is 1. The molecule has 0 aromatic rings. The average molecular weight is 237 g/mol. The highest BCUT2D eigenvalue weighted by Crippen LogP contribution is 2.28. The maximum absolute atomic E-state index is 12.1. The molecule has 2 heterocycles. The van der Waals surface area contributed by atoms with Gasteiger partial charge in [0.15, 0.2) is 0 Å². The second-order valence-corrected chi connectivity index (χ2v) is 4.13. The van der Waals surface area contributed by atoms with E-state index in [4.69, 9.17) is 4.74 Å². The van der Waals surface area contributed by atoms with Crippen molar-refractivity contribution in [1.82, 2.24) is 10.3 Å². The van der Waals surface area contributed by atoms with Crippen LogP contribution >= 0.6 is 0 Å². The fraction of sp³-hybridized carbons (Fsp3) is 0.545. The van der Waals surface area contributed by atoms with Crippen molar-refractivity contribution in [2.24, 2.45) is 5.10 Å². The van der Waals surface area contributed by atoms with Crippen LogP contribution in [-0.4, -0.2) is 35.4 Å². The summed E-state index contributed by atoms with van der Waals surface area (Å²) >= 11 is 0. The molecule has 2 aliphatic heterocycles. The number of rotatable bonds is 1. The monoisotopic (exact) mass is 237 g/mol. The average Bonchev–Trinajstić information content (AvgIpc) is 2.84. The van der Waals surface area contributed by atoms with Crippen molar-refractivity contribution in [3.63, 3.8) is 0 Å². The number of ether oxygens (including phenoxy) is 1. The van der Waals surface area contributed by atoms with E-state index in [1.54, 1.807) is 13.8 Å². The van der Waals surface area contributed by atoms with Gasteiger partial charge < -0.3 is 10.2 Å². The number of amides is 1. The van der Waals surface area contributed by atoms with E-state index in [1.165, 1.54) is 11.8 Å². The maximum Gasteiger partial charge on any atom is 0.304 e. The topological polar surface area (TPSA) is 71.0 Å². The first-order valence-corrected chi connectivity index (χ1v) is 5.50. The standard InChI is InChI=1S/C11H15N3O3/c1-6-7(2)11(17-8(3)15)14(10(6)16)9-4-5-12-13-9/h11-12H,4-5H2,1-3H3. The first-order valence-electron chi connectivity index (χ1n) is 5.50. The van der Waals surface area contributed by atoms with Crippen LogP contribution in [0, 0.1) is 0 Å². The van der Waals surface area contributed by atoms with E-state index in [0.717, 1.165) is 5.57 Å². The van der Waals surface area contributed by atoms with Gasteiger partial charge in [0, 0.05) is 25.5 Å². The van der Waals surface area contributed by atoms with E-state index in [1.807, 2.05) is 0 Å². The van der Waals surface area contributed by atoms with Crippen LogP contribution in [0.15, 0.2) is 16.2 Å². The molecule has 6 nitrogen and oxygen atoms in total. The summed E-state index contributed by atoms with van der Waals surface area (Å²) in [6, 6.07) is 0. The number of carbonyl (C=O) groups excluding carboxylic acids is 2. The molecule has 0 bridgehead atoms. The molecule has 0 spiro atoms. The molecule has 2 aliphatic rings. The van der Waals surface area contributed by atoms with Gasteiger partial charge in [0.25, 0.3) is 5.91 Å². The van der Waals surface area contributed by atoms with Crippen LogP contribution in [0.3, 0.4) is 0 Å². The van der Waals surface area contributed by atoms with Gasteiger partial charge in [-0.2, -0.15) is 5.10 Å². The Morgan fingerprint density at radius 3 is 2.76 bits per heavy atom. The Morgan fingerprint density at radius 2 is 2.24 bits per heavy atom. The Hall–Kier alpha value is -1.85. The second kappa shape index (κ2) is 4.20. The molecular weight excluding hydrogens is 222 g/mol. The van der Waals surface area contributed by atoms with Crippen LogP contribution in [0.1, 0.15) is 27.2 Å². The van der Waals surface area contributed by atoms with Gasteiger partial charge in [-0.3, -0.25) is 14.5 Å². The molecule has 92 valence electrons. The predicted molar refractivity (Wildman–Crippen MR) is 60.8 cm³/mol. The Balaban J connectivity index is 2.30. The highest BCUT2D eigenvalue weighted by Gasteiger charge is 2.40. The summed E-state index contributed by atoms with van der Waals surface area (Å²) in [5.41, 5.74) is 4.19. The van der Waals surface area contributed by atoms with Crippen molar-refractivity contribution in [1.29, 1.82) is 0 Å². The molecule has 6 heteroatoms. The number of hydrazone groups is 1. The lowest BCUT2D eigenvalue weighted by molar-refractivity contribution is -0.151. The summed E-state index contributed by atoms with van der Waals surface area (Å²) in [5.74, 6) is 0.0713. The van der Waals surface area contributed by atoms with Gasteiger partial charge in [-0.15, -0.1) is 0 Å². The van der Waals surface area contributed by atoms with E-state index < -0.39 is 12.2 Å². The zero-order valence-electron chi connectivity index (χ0n) is 10.1. The lowest BCUT2D eigenvalue weighted by Gasteiger charge is -2.24. The van der Waals surface area contributed by atoms with E-state index >= 15 is 0 Å². The SMILES string of the molecule is CC(=O)OC1C(C)=C(C)C(=O)N1C1=NNCC1. The van der Waals surface area contributed by atoms with Crippen LogP contribution in [0.4, 0.5) is 0 Å². The smallest absolute Gasteiger partial charge is 0.304 e. The molecule has 1 atom stereocenters. The van der Waals surface area contributed by atoms with Gasteiger partial charge in [0.2, 0.25) is 6.23 Å². The third-order valence-electron chi connectivity index (χ3n) is 2.96. The quantitative estimate of drug-likeness (QED) is 0.668. The minimum absolute atomic E-state index is 0.142. The summed E-state index contributed by atoms with van der Waals surface area (Å²) in [7, 11) is 0. The number of hydrogen-bond acceptors (Lipinski definition) is 5. The van der Waals surface area contributed by atoms with Crippen LogP contribution in [0.2, 0.25) is 0 Å². The minimum Gasteiger partial charge on any atom is -0.437 e. The summed E-state index contributed by atoms with van der Waals surface area (Å²) in [5, 5.41) is 4.05. The Bertz CT molecular complexity index is 439. The zero-order valence-corrected chi connectivity index (χ0v) is 10.1. The molecule has 0 aliphatic carbocycles. The van der Waals surface area contributed by atoms with Crippen molar-refractivity contribution in [2.75, 3.05) is 6.54 Å². The van der Waals surface area contributed by atoms with Crippen LogP contribution in [0.5, 0.6) is 0 Å². The number of nitrogens with zero attached hydrogens (tertiary/aromatic N) is 2. The number of esters is 1. The lowest BCUT2D eigenvalue weighted by Crippen LogP contribution is -2.42. The normalized spacial score (nSPS) is 23.9. The predicted octanol–water partition coefficient (Wildman–Crippen LogP) is 0.361. The zero-order chi connectivity index (χ0) is 12.6. The molecule has 2 rings (SSSR count). The summed E-state index contributed by atoms with van der Waals surface area (Å²) in [6.07, 6.45) is 0.0167. The maximum atomic E-state index is 12.1. The van der Waals surface area contributed by atoms with Gasteiger partial charge in [0.05, 0.1) is 0 Å². The highest BCUT2D eigenvalue weighted by atomic mass is 16.6. The van der Waals surface area contributed by atoms with Gasteiger partial charge >= 0.3 is 5.97 Å². The van der Waals surface area contributed by atoms with Gasteiger partial charge in [0.1, 0.15) is 5.84 Å². The molecule has 0 fully saturated rings. The molecule has 1 unspecified atom stereocenters. The first-order chi connectivity index (χ1) is 8.02. The number of nitrogens with one attached hydrogen (secondary N) is 1. The van der Waals surface area contributed by atoms with E-state index in [2.05, 4.69) is 10.5 Å². The Labute approximate surface area is 99.3 Å². The van der Waals surface area contributed by atoms with Crippen molar-refractivity contribution in [3.8, 4) is 0 Å². The van der Waals surface area contributed by atoms with Gasteiger partial charge in [-0.25, -0.2) is 0 Å². The van der Waals surface area contributed by atoms with Crippen molar-refractivity contribution in [2.45, 2.75) is 33.4 Å². The van der Waals surface area contributed by atoms with Crippen molar-refractivity contribution < 1.29 is 14.3 Å². The first kappa shape index (κ1) is 11.6. The van der Waals surface area contributed by atoms with Crippen LogP contribution in [-0.2, 0) is 14.3 Å². The third-order valence-corrected chi connectivity index (χ3v) is 2.96. The molecule has 1 amide bonds. The van der Waals surface area contributed by atoms with Gasteiger partial charge in [-0.1, -0.05) is 0 Å². The molecule has 17 heavy (non-hydrogen) atoms. The van der Waals surface area contributed by atoms with E-state index in [-0.39, 0.29) is 5.91 Å². The Morgan fingerprint density at radius 1 is 1.53 bits per heavy atom. The molecule has 0 aromatic carbocycles. The highest BCUT2D eigenvalue weighted by molar-refractivity contribution is 6.09. The van der Waals surface area contributed by atoms with Gasteiger partial charge in [-0.05, 0) is 19.4 Å². The minimum atomic E-state index is -0.640. The van der Waals surface area contributed by atoms with E-state index in [0.29, 0.717) is 24.4 Å². The summed E-state index contributed by atoms with van der Waals surface area (Å²) in [6.45, 7) is 5.56. The summed E-state index contributed by atoms with van der Waals surface area (Å²) < 4.78 is 5.19. The Kier molecular flexibility index (Phi) is 2.87. The van der Waals surface area contributed by atoms with Crippen molar-refractivity contribution in [3.05, 3.63) is 11.1 Å². The summed E-state index contributed by atoms with van der Waals surface area (Å²) in [4.78, 5) is 24.6. The van der Waals surface area contributed by atoms with E-state index in [9.17, 15) is 9.59 Å². The molecular formula is C11H15N3O3. The molecule has 0 saturated carbocycles. The molecule has 0 saturated heterocycles. The van der Waals surface area contributed by atoms with Crippen molar-refractivity contribution >= 4 is 17.7 Å². The van der Waals surface area contributed by atoms with Crippen LogP contribution in [0.25, 0.3) is 0 Å². The lowest BCUT2D eigenvalue weighted by atomic mass is 10.2. The fourth-order valence-electron chi connectivity index (χ4n) is 1.93. The fourth-order valence-corrected chi connectivity index (χ4v) is 1.93. The molecule has 1 N–H and O–H groups in total. The second-order valence-electron chi connectivity index (χ2n) is 4.13. The molecule has 0 radical (unpaired) electrons. The third kappa shape index (κ3) is 1.90.